The molecule has 6 nitrogen and oxygen atoms in total. The lowest BCUT2D eigenvalue weighted by Gasteiger charge is -2.11. The highest BCUT2D eigenvalue weighted by Gasteiger charge is 2.13. The van der Waals surface area contributed by atoms with Crippen molar-refractivity contribution in [1.29, 1.82) is 0 Å². The summed E-state index contributed by atoms with van der Waals surface area (Å²) in [5, 5.41) is 8.88. The maximum absolute atomic E-state index is 13.4. The number of carboxylic acids is 1. The van der Waals surface area contributed by atoms with Gasteiger partial charge in [-0.15, -0.1) is 0 Å². The third-order valence-corrected chi connectivity index (χ3v) is 2.50. The molecule has 2 aromatic heterocycles. The summed E-state index contributed by atoms with van der Waals surface area (Å²) in [6.07, 6.45) is 2.41. The van der Waals surface area contributed by atoms with E-state index in [0.717, 1.165) is 6.20 Å². The summed E-state index contributed by atoms with van der Waals surface area (Å²) in [7, 11) is 3.78. The number of hydrogen-bond acceptors (Lipinski definition) is 4. The zero-order chi connectivity index (χ0) is 14.0. The van der Waals surface area contributed by atoms with Gasteiger partial charge in [0, 0.05) is 25.0 Å². The second-order valence-electron chi connectivity index (χ2n) is 4.34. The highest BCUT2D eigenvalue weighted by molar-refractivity contribution is 5.86. The minimum atomic E-state index is -1.16. The van der Waals surface area contributed by atoms with Crippen LogP contribution in [0.25, 0.3) is 5.65 Å². The number of fused-ring (bicyclic) bond motifs is 1. The summed E-state index contributed by atoms with van der Waals surface area (Å²) in [5.74, 6) is -1.45. The summed E-state index contributed by atoms with van der Waals surface area (Å²) in [5.41, 5.74) is 0.139. The van der Waals surface area contributed by atoms with Crippen molar-refractivity contribution in [1.82, 2.24) is 14.3 Å². The average molecular weight is 267 g/mol. The largest absolute Gasteiger partial charge is 0.488 e. The van der Waals surface area contributed by atoms with Crippen LogP contribution in [-0.2, 0) is 0 Å². The van der Waals surface area contributed by atoms with Gasteiger partial charge >= 0.3 is 5.97 Å². The van der Waals surface area contributed by atoms with E-state index in [0.29, 0.717) is 13.2 Å². The topological polar surface area (TPSA) is 67.1 Å². The van der Waals surface area contributed by atoms with Crippen molar-refractivity contribution in [2.45, 2.75) is 0 Å². The molecule has 2 rings (SSSR count). The molecule has 0 radical (unpaired) electrons. The van der Waals surface area contributed by atoms with E-state index in [9.17, 15) is 9.18 Å². The first-order valence-electron chi connectivity index (χ1n) is 5.66. The van der Waals surface area contributed by atoms with Crippen LogP contribution in [0.15, 0.2) is 18.5 Å². The van der Waals surface area contributed by atoms with Crippen molar-refractivity contribution in [2.24, 2.45) is 0 Å². The fraction of sp³-hybridized carbons (Fsp3) is 0.333. The van der Waals surface area contributed by atoms with Crippen LogP contribution in [0.4, 0.5) is 4.39 Å². The minimum absolute atomic E-state index is 0.150. The number of carboxylic acid groups (broad SMARTS) is 1. The Kier molecular flexibility index (Phi) is 3.66. The van der Waals surface area contributed by atoms with E-state index < -0.39 is 11.8 Å². The molecular formula is C12H14FN3O3. The first-order valence-corrected chi connectivity index (χ1v) is 5.66. The molecule has 0 aromatic carbocycles. The van der Waals surface area contributed by atoms with Crippen molar-refractivity contribution < 1.29 is 19.0 Å². The first-order chi connectivity index (χ1) is 8.97. The van der Waals surface area contributed by atoms with Crippen LogP contribution in [0.5, 0.6) is 5.75 Å². The molecule has 0 unspecified atom stereocenters. The molecule has 102 valence electrons. The van der Waals surface area contributed by atoms with Crippen molar-refractivity contribution >= 4 is 11.6 Å². The number of rotatable bonds is 5. The number of aromatic nitrogens is 2. The molecule has 0 saturated heterocycles. The number of nitrogens with zero attached hydrogens (tertiary/aromatic N) is 3. The maximum atomic E-state index is 13.4. The zero-order valence-electron chi connectivity index (χ0n) is 10.6. The maximum Gasteiger partial charge on any atom is 0.356 e. The molecule has 7 heteroatoms. The summed E-state index contributed by atoms with van der Waals surface area (Å²) in [4.78, 5) is 16.7. The summed E-state index contributed by atoms with van der Waals surface area (Å²) < 4.78 is 20.2. The van der Waals surface area contributed by atoms with E-state index in [4.69, 9.17) is 9.84 Å². The lowest BCUT2D eigenvalue weighted by Crippen LogP contribution is -2.19. The normalized spacial score (nSPS) is 11.2. The molecule has 1 N–H and O–H groups in total. The highest BCUT2D eigenvalue weighted by Crippen LogP contribution is 2.21. The van der Waals surface area contributed by atoms with Gasteiger partial charge in [0.15, 0.2) is 17.1 Å². The van der Waals surface area contributed by atoms with Crippen LogP contribution in [-0.4, -0.2) is 52.6 Å². The molecule has 0 aliphatic rings. The molecule has 0 spiro atoms. The molecule has 2 heterocycles. The lowest BCUT2D eigenvalue weighted by atomic mass is 10.4. The van der Waals surface area contributed by atoms with Gasteiger partial charge in [-0.1, -0.05) is 0 Å². The number of ether oxygens (including phenoxy) is 1. The van der Waals surface area contributed by atoms with Crippen molar-refractivity contribution in [3.05, 3.63) is 30.0 Å². The second-order valence-corrected chi connectivity index (χ2v) is 4.34. The predicted octanol–water partition coefficient (Wildman–Crippen LogP) is 1.11. The van der Waals surface area contributed by atoms with E-state index in [1.807, 2.05) is 19.0 Å². The third kappa shape index (κ3) is 3.00. The Morgan fingerprint density at radius 3 is 2.89 bits per heavy atom. The van der Waals surface area contributed by atoms with Crippen molar-refractivity contribution in [3.8, 4) is 5.75 Å². The number of imidazole rings is 1. The van der Waals surface area contributed by atoms with Gasteiger partial charge < -0.3 is 19.1 Å². The molecule has 0 saturated carbocycles. The van der Waals surface area contributed by atoms with Gasteiger partial charge in [-0.3, -0.25) is 0 Å². The van der Waals surface area contributed by atoms with Gasteiger partial charge in [0.1, 0.15) is 12.4 Å². The van der Waals surface area contributed by atoms with E-state index >= 15 is 0 Å². The van der Waals surface area contributed by atoms with Gasteiger partial charge in [-0.2, -0.15) is 0 Å². The molecule has 0 amide bonds. The average Bonchev–Trinajstić information content (AvgIpc) is 2.72. The molecule has 0 aliphatic heterocycles. The molecular weight excluding hydrogens is 253 g/mol. The van der Waals surface area contributed by atoms with Gasteiger partial charge in [0.2, 0.25) is 0 Å². The number of hydrogen-bond donors (Lipinski definition) is 1. The van der Waals surface area contributed by atoms with Crippen LogP contribution in [0.3, 0.4) is 0 Å². The van der Waals surface area contributed by atoms with Gasteiger partial charge in [0.25, 0.3) is 0 Å². The Morgan fingerprint density at radius 2 is 2.26 bits per heavy atom. The standard InChI is InChI=1S/C12H14FN3O3/c1-15(2)3-4-19-10-5-8(13)6-16-7-9(12(17)18)14-11(10)16/h5-7H,3-4H2,1-2H3,(H,17,18). The number of likely N-dealkylation sites (N-methyl/N-ethyl adjacent to an activating group) is 1. The fourth-order valence-corrected chi connectivity index (χ4v) is 1.58. The number of carbonyl (C=O) groups is 1. The van der Waals surface area contributed by atoms with Crippen LogP contribution in [0.1, 0.15) is 10.5 Å². The molecule has 19 heavy (non-hydrogen) atoms. The lowest BCUT2D eigenvalue weighted by molar-refractivity contribution is 0.0691. The first kappa shape index (κ1) is 13.3. The quantitative estimate of drug-likeness (QED) is 0.879. The Hall–Kier alpha value is -2.15. The zero-order valence-corrected chi connectivity index (χ0v) is 10.6. The highest BCUT2D eigenvalue weighted by atomic mass is 19.1. The third-order valence-electron chi connectivity index (χ3n) is 2.50. The van der Waals surface area contributed by atoms with Gasteiger partial charge in [0.05, 0.1) is 0 Å². The summed E-state index contributed by atoms with van der Waals surface area (Å²) in [6, 6.07) is 1.20. The predicted molar refractivity (Wildman–Crippen MR) is 66.2 cm³/mol. The minimum Gasteiger partial charge on any atom is -0.488 e. The van der Waals surface area contributed by atoms with E-state index in [2.05, 4.69) is 4.98 Å². The van der Waals surface area contributed by atoms with Crippen LogP contribution >= 0.6 is 0 Å². The monoisotopic (exact) mass is 267 g/mol. The summed E-state index contributed by atoms with van der Waals surface area (Å²) in [6.45, 7) is 1.02. The SMILES string of the molecule is CN(C)CCOc1cc(F)cn2cc(C(=O)O)nc12. The van der Waals surface area contributed by atoms with Gasteiger partial charge in [-0.25, -0.2) is 14.2 Å². The molecule has 2 aromatic rings. The van der Waals surface area contributed by atoms with Crippen LogP contribution in [0.2, 0.25) is 0 Å². The number of pyridine rings is 1. The van der Waals surface area contributed by atoms with Crippen LogP contribution < -0.4 is 4.74 Å². The molecule has 0 fully saturated rings. The van der Waals surface area contributed by atoms with E-state index in [1.54, 1.807) is 0 Å². The molecule has 0 bridgehead atoms. The summed E-state index contributed by atoms with van der Waals surface area (Å²) >= 11 is 0. The Bertz CT molecular complexity index is 610. The smallest absolute Gasteiger partial charge is 0.356 e. The van der Waals surface area contributed by atoms with E-state index in [-0.39, 0.29) is 17.1 Å². The molecule has 0 aliphatic carbocycles. The van der Waals surface area contributed by atoms with Crippen molar-refractivity contribution in [2.75, 3.05) is 27.2 Å². The van der Waals surface area contributed by atoms with Crippen LogP contribution in [0, 0.1) is 5.82 Å². The fourth-order valence-electron chi connectivity index (χ4n) is 1.58. The van der Waals surface area contributed by atoms with Crippen molar-refractivity contribution in [3.63, 3.8) is 0 Å². The molecule has 0 atom stereocenters. The number of aromatic carboxylic acids is 1. The van der Waals surface area contributed by atoms with Gasteiger partial charge in [-0.05, 0) is 14.1 Å². The Morgan fingerprint density at radius 1 is 1.53 bits per heavy atom. The Balaban J connectivity index is 2.33. The number of halogens is 1. The Labute approximate surface area is 109 Å². The van der Waals surface area contributed by atoms with E-state index in [1.165, 1.54) is 16.7 Å². The second kappa shape index (κ2) is 5.23.